The molecule has 0 radical (unpaired) electrons. The Bertz CT molecular complexity index is 982. The van der Waals surface area contributed by atoms with Crippen molar-refractivity contribution in [3.8, 4) is 5.69 Å². The highest BCUT2D eigenvalue weighted by atomic mass is 16.5. The lowest BCUT2D eigenvalue weighted by molar-refractivity contribution is -0.123. The minimum Gasteiger partial charge on any atom is -0.449 e. The molecule has 1 N–H and O–H groups in total. The molecule has 2 aromatic carbocycles. The van der Waals surface area contributed by atoms with E-state index in [4.69, 9.17) is 4.74 Å². The van der Waals surface area contributed by atoms with Gasteiger partial charge in [0.1, 0.15) is 6.33 Å². The number of tetrazole rings is 1. The van der Waals surface area contributed by atoms with Gasteiger partial charge in [-0.3, -0.25) is 9.59 Å². The Balaban J connectivity index is 1.58. The van der Waals surface area contributed by atoms with Crippen molar-refractivity contribution >= 4 is 23.3 Å². The van der Waals surface area contributed by atoms with E-state index in [0.717, 1.165) is 0 Å². The van der Waals surface area contributed by atoms with Gasteiger partial charge in [-0.25, -0.2) is 9.48 Å². The Labute approximate surface area is 160 Å². The van der Waals surface area contributed by atoms with Crippen LogP contribution in [0.2, 0.25) is 0 Å². The summed E-state index contributed by atoms with van der Waals surface area (Å²) in [6.45, 7) is 2.94. The monoisotopic (exact) mass is 379 g/mol. The van der Waals surface area contributed by atoms with Gasteiger partial charge in [-0.05, 0) is 72.8 Å². The molecule has 1 amide bonds. The first-order chi connectivity index (χ1) is 13.4. The van der Waals surface area contributed by atoms with Crippen molar-refractivity contribution in [3.63, 3.8) is 0 Å². The molecule has 0 saturated heterocycles. The maximum absolute atomic E-state index is 12.2. The third-order valence-electron chi connectivity index (χ3n) is 3.93. The number of ether oxygens (including phenoxy) is 1. The summed E-state index contributed by atoms with van der Waals surface area (Å²) in [5, 5.41) is 13.5. The van der Waals surface area contributed by atoms with Crippen LogP contribution >= 0.6 is 0 Å². The summed E-state index contributed by atoms with van der Waals surface area (Å²) in [6, 6.07) is 12.9. The molecule has 3 aromatic rings. The van der Waals surface area contributed by atoms with Gasteiger partial charge in [0, 0.05) is 11.3 Å². The van der Waals surface area contributed by atoms with E-state index in [2.05, 4.69) is 20.8 Å². The number of esters is 1. The number of amides is 1. The van der Waals surface area contributed by atoms with Crippen molar-refractivity contribution in [1.82, 2.24) is 20.2 Å². The van der Waals surface area contributed by atoms with Gasteiger partial charge in [0.25, 0.3) is 5.91 Å². The summed E-state index contributed by atoms with van der Waals surface area (Å²) >= 11 is 0. The highest BCUT2D eigenvalue weighted by molar-refractivity contribution is 5.98. The van der Waals surface area contributed by atoms with Crippen LogP contribution in [0.5, 0.6) is 0 Å². The fraction of sp³-hybridized carbons (Fsp3) is 0.158. The SMILES string of the molecule is CC(=O)c1ccc(NC(=O)[C@@H](C)OC(=O)c2ccc(-n3cnnn3)cc2)cc1. The van der Waals surface area contributed by atoms with Crippen LogP contribution in [0, 0.1) is 0 Å². The van der Waals surface area contributed by atoms with Crippen molar-refractivity contribution < 1.29 is 19.1 Å². The lowest BCUT2D eigenvalue weighted by atomic mass is 10.1. The van der Waals surface area contributed by atoms with E-state index in [1.807, 2.05) is 0 Å². The molecule has 0 fully saturated rings. The van der Waals surface area contributed by atoms with Crippen LogP contribution in [-0.2, 0) is 9.53 Å². The van der Waals surface area contributed by atoms with Crippen molar-refractivity contribution in [1.29, 1.82) is 0 Å². The molecule has 1 atom stereocenters. The number of ketones is 1. The Morgan fingerprint density at radius 2 is 1.64 bits per heavy atom. The molecule has 0 saturated carbocycles. The van der Waals surface area contributed by atoms with Crippen molar-refractivity contribution in [2.75, 3.05) is 5.32 Å². The van der Waals surface area contributed by atoms with Crippen LogP contribution in [0.4, 0.5) is 5.69 Å². The number of anilines is 1. The van der Waals surface area contributed by atoms with Crippen molar-refractivity contribution in [2.45, 2.75) is 20.0 Å². The van der Waals surface area contributed by atoms with E-state index in [9.17, 15) is 14.4 Å². The molecule has 9 heteroatoms. The zero-order chi connectivity index (χ0) is 20.1. The molecule has 0 bridgehead atoms. The largest absolute Gasteiger partial charge is 0.449 e. The number of benzene rings is 2. The van der Waals surface area contributed by atoms with Gasteiger partial charge < -0.3 is 10.1 Å². The second kappa shape index (κ2) is 8.21. The number of hydrogen-bond donors (Lipinski definition) is 1. The Morgan fingerprint density at radius 3 is 2.21 bits per heavy atom. The van der Waals surface area contributed by atoms with Crippen LogP contribution in [0.25, 0.3) is 5.69 Å². The number of rotatable bonds is 6. The molecule has 142 valence electrons. The third-order valence-corrected chi connectivity index (χ3v) is 3.93. The van der Waals surface area contributed by atoms with Gasteiger partial charge in [-0.1, -0.05) is 0 Å². The average Bonchev–Trinajstić information content (AvgIpc) is 3.23. The maximum Gasteiger partial charge on any atom is 0.338 e. The summed E-state index contributed by atoms with van der Waals surface area (Å²) < 4.78 is 6.66. The van der Waals surface area contributed by atoms with Gasteiger partial charge in [-0.2, -0.15) is 0 Å². The first kappa shape index (κ1) is 18.9. The summed E-state index contributed by atoms with van der Waals surface area (Å²) in [7, 11) is 0. The molecule has 0 aliphatic heterocycles. The molecule has 3 rings (SSSR count). The average molecular weight is 379 g/mol. The number of aromatic nitrogens is 4. The third kappa shape index (κ3) is 4.44. The van der Waals surface area contributed by atoms with Crippen LogP contribution < -0.4 is 5.32 Å². The highest BCUT2D eigenvalue weighted by Crippen LogP contribution is 2.13. The van der Waals surface area contributed by atoms with E-state index in [1.165, 1.54) is 24.9 Å². The molecule has 0 spiro atoms. The summed E-state index contributed by atoms with van der Waals surface area (Å²) in [6.07, 6.45) is 0.432. The van der Waals surface area contributed by atoms with Gasteiger partial charge in [0.05, 0.1) is 11.3 Å². The predicted octanol–water partition coefficient (Wildman–Crippen LogP) is 2.05. The zero-order valence-electron chi connectivity index (χ0n) is 15.2. The predicted molar refractivity (Wildman–Crippen MR) is 99.1 cm³/mol. The van der Waals surface area contributed by atoms with Crippen LogP contribution in [0.15, 0.2) is 54.9 Å². The van der Waals surface area contributed by atoms with Crippen LogP contribution in [0.3, 0.4) is 0 Å². The molecule has 0 unspecified atom stereocenters. The normalized spacial score (nSPS) is 11.5. The number of hydrogen-bond acceptors (Lipinski definition) is 7. The highest BCUT2D eigenvalue weighted by Gasteiger charge is 2.19. The van der Waals surface area contributed by atoms with Crippen LogP contribution in [-0.4, -0.2) is 44.0 Å². The summed E-state index contributed by atoms with van der Waals surface area (Å²) in [5.74, 6) is -1.17. The molecule has 9 nitrogen and oxygen atoms in total. The fourth-order valence-electron chi connectivity index (χ4n) is 2.34. The Hall–Kier alpha value is -3.88. The minimum atomic E-state index is -1.00. The van der Waals surface area contributed by atoms with Crippen molar-refractivity contribution in [2.24, 2.45) is 0 Å². The van der Waals surface area contributed by atoms with Gasteiger partial charge >= 0.3 is 5.97 Å². The maximum atomic E-state index is 12.2. The van der Waals surface area contributed by atoms with Crippen molar-refractivity contribution in [3.05, 3.63) is 66.0 Å². The quantitative estimate of drug-likeness (QED) is 0.515. The Kier molecular flexibility index (Phi) is 5.54. The number of nitrogens with zero attached hydrogens (tertiary/aromatic N) is 4. The molecule has 0 aliphatic rings. The van der Waals surface area contributed by atoms with Gasteiger partial charge in [-0.15, -0.1) is 5.10 Å². The molecular weight excluding hydrogens is 362 g/mol. The molecular formula is C19H17N5O4. The molecule has 28 heavy (non-hydrogen) atoms. The molecule has 0 aliphatic carbocycles. The van der Waals surface area contributed by atoms with Gasteiger partial charge in [0.2, 0.25) is 0 Å². The van der Waals surface area contributed by atoms with E-state index >= 15 is 0 Å². The first-order valence-corrected chi connectivity index (χ1v) is 8.40. The van der Waals surface area contributed by atoms with E-state index in [0.29, 0.717) is 22.5 Å². The number of Topliss-reactive ketones (excluding diaryl/α,β-unsaturated/α-hetero) is 1. The fourth-order valence-corrected chi connectivity index (χ4v) is 2.34. The number of carbonyl (C=O) groups excluding carboxylic acids is 3. The number of carbonyl (C=O) groups is 3. The minimum absolute atomic E-state index is 0.0636. The second-order valence-corrected chi connectivity index (χ2v) is 5.97. The topological polar surface area (TPSA) is 116 Å². The van der Waals surface area contributed by atoms with Crippen LogP contribution in [0.1, 0.15) is 34.6 Å². The smallest absolute Gasteiger partial charge is 0.338 e. The first-order valence-electron chi connectivity index (χ1n) is 8.40. The van der Waals surface area contributed by atoms with E-state index < -0.39 is 18.0 Å². The van der Waals surface area contributed by atoms with E-state index in [-0.39, 0.29) is 5.78 Å². The molecule has 1 aromatic heterocycles. The van der Waals surface area contributed by atoms with E-state index in [1.54, 1.807) is 48.5 Å². The zero-order valence-corrected chi connectivity index (χ0v) is 15.2. The number of nitrogens with one attached hydrogen (secondary N) is 1. The lowest BCUT2D eigenvalue weighted by Crippen LogP contribution is -2.30. The Morgan fingerprint density at radius 1 is 1.00 bits per heavy atom. The summed E-state index contributed by atoms with van der Waals surface area (Å²) in [5.41, 5.74) is 2.02. The molecule has 1 heterocycles. The summed E-state index contributed by atoms with van der Waals surface area (Å²) in [4.78, 5) is 35.7. The van der Waals surface area contributed by atoms with Gasteiger partial charge in [0.15, 0.2) is 11.9 Å². The lowest BCUT2D eigenvalue weighted by Gasteiger charge is -2.14. The second-order valence-electron chi connectivity index (χ2n) is 5.97. The standard InChI is InChI=1S/C19H17N5O4/c1-12(25)14-3-7-16(8-4-14)21-18(26)13(2)28-19(27)15-5-9-17(10-6-15)24-11-20-22-23-24/h3-11,13H,1-2H3,(H,21,26)/t13-/m1/s1.